The van der Waals surface area contributed by atoms with Crippen LogP contribution in [0.2, 0.25) is 0 Å². The number of hydrogen-bond acceptors (Lipinski definition) is 3. The first-order valence-corrected chi connectivity index (χ1v) is 8.47. The van der Waals surface area contributed by atoms with E-state index in [1.165, 1.54) is 29.2 Å². The van der Waals surface area contributed by atoms with E-state index in [2.05, 4.69) is 5.16 Å². The standard InChI is InChI=1S/C20H15F3N2O2/c1-11-18(19(24-27-11)12-4-6-14(21)7-5-12)20(26)25-8-2-3-13-9-15(22)16(23)10-17(13)25/h4-7,9-10H,2-3,8H2,1H3. The predicted molar refractivity (Wildman–Crippen MR) is 93.0 cm³/mol. The van der Waals surface area contributed by atoms with Gasteiger partial charge in [-0.1, -0.05) is 5.16 Å². The number of nitrogens with zero attached hydrogens (tertiary/aromatic N) is 2. The molecule has 0 fully saturated rings. The third kappa shape index (κ3) is 2.99. The number of aromatic nitrogens is 1. The molecule has 0 saturated heterocycles. The highest BCUT2D eigenvalue weighted by atomic mass is 19.2. The molecule has 0 saturated carbocycles. The zero-order valence-electron chi connectivity index (χ0n) is 14.4. The Morgan fingerprint density at radius 1 is 1.11 bits per heavy atom. The summed E-state index contributed by atoms with van der Waals surface area (Å²) < 4.78 is 45.7. The fourth-order valence-corrected chi connectivity index (χ4v) is 3.35. The minimum Gasteiger partial charge on any atom is -0.360 e. The SMILES string of the molecule is Cc1onc(-c2ccc(F)cc2)c1C(=O)N1CCCc2cc(F)c(F)cc21. The van der Waals surface area contributed by atoms with Gasteiger partial charge in [0.15, 0.2) is 11.6 Å². The van der Waals surface area contributed by atoms with Crippen LogP contribution in [0.25, 0.3) is 11.3 Å². The summed E-state index contributed by atoms with van der Waals surface area (Å²) in [7, 11) is 0. The number of carbonyl (C=O) groups excluding carboxylic acids is 1. The van der Waals surface area contributed by atoms with Crippen molar-refractivity contribution in [1.29, 1.82) is 0 Å². The number of hydrogen-bond donors (Lipinski definition) is 0. The van der Waals surface area contributed by atoms with Gasteiger partial charge in [0.2, 0.25) is 0 Å². The van der Waals surface area contributed by atoms with Crippen LogP contribution in [0.15, 0.2) is 40.9 Å². The number of benzene rings is 2. The fourth-order valence-electron chi connectivity index (χ4n) is 3.35. The van der Waals surface area contributed by atoms with E-state index in [1.807, 2.05) is 0 Å². The summed E-state index contributed by atoms with van der Waals surface area (Å²) in [5.74, 6) is -2.46. The van der Waals surface area contributed by atoms with Crippen molar-refractivity contribution in [1.82, 2.24) is 5.16 Å². The van der Waals surface area contributed by atoms with Gasteiger partial charge in [0, 0.05) is 18.2 Å². The molecule has 0 N–H and O–H groups in total. The number of fused-ring (bicyclic) bond motifs is 1. The molecule has 4 rings (SSSR count). The van der Waals surface area contributed by atoms with Gasteiger partial charge >= 0.3 is 0 Å². The van der Waals surface area contributed by atoms with Gasteiger partial charge in [0.25, 0.3) is 5.91 Å². The molecule has 138 valence electrons. The maximum atomic E-state index is 13.8. The van der Waals surface area contributed by atoms with Crippen LogP contribution in [0.1, 0.15) is 28.1 Å². The Morgan fingerprint density at radius 3 is 2.56 bits per heavy atom. The second kappa shape index (κ2) is 6.57. The van der Waals surface area contributed by atoms with Crippen LogP contribution in [-0.2, 0) is 6.42 Å². The first-order chi connectivity index (χ1) is 13.0. The molecule has 2 aromatic carbocycles. The molecule has 27 heavy (non-hydrogen) atoms. The van der Waals surface area contributed by atoms with E-state index in [4.69, 9.17) is 4.52 Å². The van der Waals surface area contributed by atoms with Gasteiger partial charge < -0.3 is 9.42 Å². The van der Waals surface area contributed by atoms with Crippen molar-refractivity contribution in [3.8, 4) is 11.3 Å². The molecule has 0 spiro atoms. The van der Waals surface area contributed by atoms with Gasteiger partial charge in [-0.2, -0.15) is 0 Å². The molecule has 0 radical (unpaired) electrons. The van der Waals surface area contributed by atoms with E-state index in [-0.39, 0.29) is 11.3 Å². The molecule has 0 aliphatic carbocycles. The van der Waals surface area contributed by atoms with Crippen LogP contribution in [0, 0.1) is 24.4 Å². The Bertz CT molecular complexity index is 1030. The van der Waals surface area contributed by atoms with Crippen molar-refractivity contribution in [2.45, 2.75) is 19.8 Å². The Labute approximate surface area is 153 Å². The highest BCUT2D eigenvalue weighted by Crippen LogP contribution is 2.33. The Balaban J connectivity index is 1.78. The normalized spacial score (nSPS) is 13.6. The van der Waals surface area contributed by atoms with Crippen LogP contribution in [0.4, 0.5) is 18.9 Å². The van der Waals surface area contributed by atoms with Crippen LogP contribution < -0.4 is 4.90 Å². The number of amides is 1. The summed E-state index contributed by atoms with van der Waals surface area (Å²) >= 11 is 0. The second-order valence-corrected chi connectivity index (χ2v) is 6.42. The molecule has 0 bridgehead atoms. The summed E-state index contributed by atoms with van der Waals surface area (Å²) in [6.45, 7) is 1.97. The molecule has 1 aliphatic heterocycles. The van der Waals surface area contributed by atoms with Crippen molar-refractivity contribution in [2.75, 3.05) is 11.4 Å². The largest absolute Gasteiger partial charge is 0.360 e. The van der Waals surface area contributed by atoms with Crippen molar-refractivity contribution in [2.24, 2.45) is 0 Å². The first kappa shape index (κ1) is 17.3. The van der Waals surface area contributed by atoms with Crippen molar-refractivity contribution >= 4 is 11.6 Å². The first-order valence-electron chi connectivity index (χ1n) is 8.47. The maximum absolute atomic E-state index is 13.8. The van der Waals surface area contributed by atoms with E-state index in [0.717, 1.165) is 12.1 Å². The lowest BCUT2D eigenvalue weighted by atomic mass is 9.99. The van der Waals surface area contributed by atoms with Gasteiger partial charge in [-0.3, -0.25) is 4.79 Å². The molecule has 0 atom stereocenters. The van der Waals surface area contributed by atoms with E-state index in [0.29, 0.717) is 42.0 Å². The average Bonchev–Trinajstić information content (AvgIpc) is 3.04. The molecule has 7 heteroatoms. The Morgan fingerprint density at radius 2 is 1.81 bits per heavy atom. The van der Waals surface area contributed by atoms with Crippen LogP contribution in [0.5, 0.6) is 0 Å². The number of rotatable bonds is 2. The quantitative estimate of drug-likeness (QED) is 0.657. The second-order valence-electron chi connectivity index (χ2n) is 6.42. The highest BCUT2D eigenvalue weighted by Gasteiger charge is 2.30. The molecule has 3 aromatic rings. The molecule has 1 amide bonds. The summed E-state index contributed by atoms with van der Waals surface area (Å²) in [4.78, 5) is 14.6. The van der Waals surface area contributed by atoms with Crippen LogP contribution in [-0.4, -0.2) is 17.6 Å². The van der Waals surface area contributed by atoms with Gasteiger partial charge in [-0.15, -0.1) is 0 Å². The molecule has 1 aromatic heterocycles. The Kier molecular flexibility index (Phi) is 4.22. The van der Waals surface area contributed by atoms with Gasteiger partial charge in [0.05, 0.1) is 5.69 Å². The molecule has 1 aliphatic rings. The summed E-state index contributed by atoms with van der Waals surface area (Å²) in [6.07, 6.45) is 1.18. The third-order valence-electron chi connectivity index (χ3n) is 4.68. The molecule has 2 heterocycles. The highest BCUT2D eigenvalue weighted by molar-refractivity contribution is 6.10. The van der Waals surface area contributed by atoms with E-state index < -0.39 is 23.4 Å². The van der Waals surface area contributed by atoms with E-state index in [1.54, 1.807) is 6.92 Å². The number of halogens is 3. The minimum absolute atomic E-state index is 0.221. The smallest absolute Gasteiger partial charge is 0.264 e. The summed E-state index contributed by atoms with van der Waals surface area (Å²) in [5, 5.41) is 3.94. The Hall–Kier alpha value is -3.09. The van der Waals surface area contributed by atoms with E-state index >= 15 is 0 Å². The number of anilines is 1. The predicted octanol–water partition coefficient (Wildman–Crippen LogP) is 4.66. The zero-order chi connectivity index (χ0) is 19.1. The van der Waals surface area contributed by atoms with Gasteiger partial charge in [-0.25, -0.2) is 13.2 Å². The lowest BCUT2D eigenvalue weighted by Gasteiger charge is -2.29. The van der Waals surface area contributed by atoms with Crippen molar-refractivity contribution < 1.29 is 22.5 Å². The van der Waals surface area contributed by atoms with Crippen LogP contribution in [0.3, 0.4) is 0 Å². The number of carbonyl (C=O) groups is 1. The molecular weight excluding hydrogens is 357 g/mol. The zero-order valence-corrected chi connectivity index (χ0v) is 14.4. The molecule has 0 unspecified atom stereocenters. The maximum Gasteiger partial charge on any atom is 0.264 e. The monoisotopic (exact) mass is 372 g/mol. The fraction of sp³-hybridized carbons (Fsp3) is 0.200. The minimum atomic E-state index is -1.01. The topological polar surface area (TPSA) is 46.3 Å². The summed E-state index contributed by atoms with van der Waals surface area (Å²) in [5.41, 5.74) is 1.95. The summed E-state index contributed by atoms with van der Waals surface area (Å²) in [6, 6.07) is 7.71. The van der Waals surface area contributed by atoms with Gasteiger partial charge in [0.1, 0.15) is 22.8 Å². The molecular formula is C20H15F3N2O2. The van der Waals surface area contributed by atoms with E-state index in [9.17, 15) is 18.0 Å². The van der Waals surface area contributed by atoms with Gasteiger partial charge in [-0.05, 0) is 55.7 Å². The van der Waals surface area contributed by atoms with Crippen molar-refractivity contribution in [3.63, 3.8) is 0 Å². The average molecular weight is 372 g/mol. The molecule has 4 nitrogen and oxygen atoms in total. The van der Waals surface area contributed by atoms with Crippen molar-refractivity contribution in [3.05, 3.63) is 70.7 Å². The number of aryl methyl sites for hydroxylation is 2. The lowest BCUT2D eigenvalue weighted by molar-refractivity contribution is 0.0984. The van der Waals surface area contributed by atoms with Crippen LogP contribution >= 0.6 is 0 Å². The third-order valence-corrected chi connectivity index (χ3v) is 4.68. The lowest BCUT2D eigenvalue weighted by Crippen LogP contribution is -2.36.